The lowest BCUT2D eigenvalue weighted by molar-refractivity contribution is -0.130. The second-order valence-corrected chi connectivity index (χ2v) is 6.36. The Bertz CT molecular complexity index is 488. The monoisotopic (exact) mass is 289 g/mol. The molecule has 0 radical (unpaired) electrons. The van der Waals surface area contributed by atoms with Crippen molar-refractivity contribution in [1.82, 2.24) is 14.8 Å². The predicted octanol–water partition coefficient (Wildman–Crippen LogP) is 2.49. The minimum Gasteiger partial charge on any atom is -0.344 e. The molecule has 1 aliphatic carbocycles. The van der Waals surface area contributed by atoms with Crippen LogP contribution in [0.1, 0.15) is 56.2 Å². The van der Waals surface area contributed by atoms with Gasteiger partial charge in [-0.25, -0.2) is 0 Å². The Hall–Kier alpha value is -1.29. The Morgan fingerprint density at radius 3 is 2.81 bits per heavy atom. The number of carbonyl (C=O) groups is 1. The Morgan fingerprint density at radius 2 is 2.05 bits per heavy atom. The zero-order valence-corrected chi connectivity index (χ0v) is 13.1. The lowest BCUT2D eigenvalue weighted by atomic mass is 10.0. The van der Waals surface area contributed by atoms with Crippen LogP contribution in [0.5, 0.6) is 0 Å². The van der Waals surface area contributed by atoms with Crippen LogP contribution in [0.4, 0.5) is 0 Å². The highest BCUT2D eigenvalue weighted by Crippen LogP contribution is 2.29. The van der Waals surface area contributed by atoms with Crippen molar-refractivity contribution in [3.8, 4) is 0 Å². The van der Waals surface area contributed by atoms with Crippen LogP contribution in [0.3, 0.4) is 0 Å². The Labute approximate surface area is 127 Å². The molecular weight excluding hydrogens is 262 g/mol. The molecule has 1 N–H and O–H groups in total. The molecule has 0 bridgehead atoms. The van der Waals surface area contributed by atoms with Gasteiger partial charge in [-0.2, -0.15) is 0 Å². The third-order valence-electron chi connectivity index (χ3n) is 4.79. The number of carbonyl (C=O) groups excluding carboxylic acids is 1. The van der Waals surface area contributed by atoms with Gasteiger partial charge < -0.3 is 14.8 Å². The molecule has 2 heterocycles. The van der Waals surface area contributed by atoms with Crippen molar-refractivity contribution in [2.75, 3.05) is 19.6 Å². The van der Waals surface area contributed by atoms with Gasteiger partial charge in [0.05, 0.1) is 0 Å². The number of amides is 1. The number of aromatic nitrogens is 1. The molecule has 0 spiro atoms. The molecule has 2 aliphatic rings. The normalized spacial score (nSPS) is 22.1. The molecule has 0 aromatic carbocycles. The van der Waals surface area contributed by atoms with Crippen molar-refractivity contribution >= 4 is 5.91 Å². The molecular formula is C17H27N3O. The van der Waals surface area contributed by atoms with E-state index < -0.39 is 0 Å². The van der Waals surface area contributed by atoms with Crippen LogP contribution in [0.15, 0.2) is 12.4 Å². The molecule has 4 heteroatoms. The van der Waals surface area contributed by atoms with E-state index in [1.165, 1.54) is 30.4 Å². The summed E-state index contributed by atoms with van der Waals surface area (Å²) in [5.74, 6) is 0.276. The highest BCUT2D eigenvalue weighted by molar-refractivity contribution is 5.76. The highest BCUT2D eigenvalue weighted by Gasteiger charge is 2.22. The molecule has 1 amide bonds. The van der Waals surface area contributed by atoms with Gasteiger partial charge in [0.1, 0.15) is 6.54 Å². The first-order chi connectivity index (χ1) is 10.3. The summed E-state index contributed by atoms with van der Waals surface area (Å²) >= 11 is 0. The molecule has 1 aromatic rings. The number of fused-ring (bicyclic) bond motifs is 1. The maximum Gasteiger partial charge on any atom is 0.242 e. The summed E-state index contributed by atoms with van der Waals surface area (Å²) in [6, 6.07) is 0.468. The van der Waals surface area contributed by atoms with Crippen LogP contribution >= 0.6 is 0 Å². The van der Waals surface area contributed by atoms with Crippen molar-refractivity contribution in [3.05, 3.63) is 23.5 Å². The Balaban J connectivity index is 1.72. The average molecular weight is 289 g/mol. The number of nitrogens with zero attached hydrogens (tertiary/aromatic N) is 2. The fraction of sp³-hybridized carbons (Fsp3) is 0.706. The maximum absolute atomic E-state index is 12.3. The van der Waals surface area contributed by atoms with E-state index in [0.29, 0.717) is 12.6 Å². The quantitative estimate of drug-likeness (QED) is 0.865. The number of rotatable bonds is 4. The van der Waals surface area contributed by atoms with E-state index in [1.807, 2.05) is 4.90 Å². The molecule has 1 atom stereocenters. The molecule has 3 rings (SSSR count). The van der Waals surface area contributed by atoms with Crippen molar-refractivity contribution < 1.29 is 4.79 Å². The van der Waals surface area contributed by atoms with Gasteiger partial charge in [-0.1, -0.05) is 13.3 Å². The van der Waals surface area contributed by atoms with Crippen LogP contribution in [-0.4, -0.2) is 35.0 Å². The number of hydrogen-bond acceptors (Lipinski definition) is 2. The van der Waals surface area contributed by atoms with E-state index in [-0.39, 0.29) is 5.91 Å². The fourth-order valence-corrected chi connectivity index (χ4v) is 3.69. The number of aryl methyl sites for hydroxylation is 1. The highest BCUT2D eigenvalue weighted by atomic mass is 16.2. The van der Waals surface area contributed by atoms with E-state index in [4.69, 9.17) is 0 Å². The van der Waals surface area contributed by atoms with Gasteiger partial charge in [0.2, 0.25) is 5.91 Å². The lowest BCUT2D eigenvalue weighted by Crippen LogP contribution is -2.30. The summed E-state index contributed by atoms with van der Waals surface area (Å²) in [5.41, 5.74) is 2.86. The van der Waals surface area contributed by atoms with E-state index in [0.717, 1.165) is 38.9 Å². The zero-order chi connectivity index (χ0) is 14.7. The number of likely N-dealkylation sites (tertiary alicyclic amines) is 1. The molecule has 1 aliphatic heterocycles. The van der Waals surface area contributed by atoms with Crippen LogP contribution in [0, 0.1) is 0 Å². The van der Waals surface area contributed by atoms with Gasteiger partial charge >= 0.3 is 0 Å². The number of nitrogens with one attached hydrogen (secondary N) is 1. The largest absolute Gasteiger partial charge is 0.344 e. The molecule has 1 fully saturated rings. The molecule has 1 saturated heterocycles. The molecule has 116 valence electrons. The summed E-state index contributed by atoms with van der Waals surface area (Å²) in [6.45, 7) is 5.56. The molecule has 4 nitrogen and oxygen atoms in total. The Morgan fingerprint density at radius 1 is 1.24 bits per heavy atom. The van der Waals surface area contributed by atoms with Crippen molar-refractivity contribution in [3.63, 3.8) is 0 Å². The van der Waals surface area contributed by atoms with E-state index in [1.54, 1.807) is 0 Å². The zero-order valence-electron chi connectivity index (χ0n) is 13.1. The smallest absolute Gasteiger partial charge is 0.242 e. The third-order valence-corrected chi connectivity index (χ3v) is 4.79. The van der Waals surface area contributed by atoms with Gasteiger partial charge in [0.25, 0.3) is 0 Å². The van der Waals surface area contributed by atoms with Crippen molar-refractivity contribution in [2.24, 2.45) is 0 Å². The first-order valence-electron chi connectivity index (χ1n) is 8.47. The summed E-state index contributed by atoms with van der Waals surface area (Å²) in [6.07, 6.45) is 11.7. The lowest BCUT2D eigenvalue weighted by Gasteiger charge is -2.16. The van der Waals surface area contributed by atoms with Gasteiger partial charge in [0, 0.05) is 31.5 Å². The summed E-state index contributed by atoms with van der Waals surface area (Å²) < 4.78 is 2.11. The summed E-state index contributed by atoms with van der Waals surface area (Å²) in [4.78, 5) is 14.3. The molecule has 21 heavy (non-hydrogen) atoms. The van der Waals surface area contributed by atoms with E-state index in [9.17, 15) is 4.79 Å². The van der Waals surface area contributed by atoms with Gasteiger partial charge in [-0.15, -0.1) is 0 Å². The summed E-state index contributed by atoms with van der Waals surface area (Å²) in [5, 5.41) is 3.59. The minimum absolute atomic E-state index is 0.276. The van der Waals surface area contributed by atoms with Crippen LogP contribution in [0.2, 0.25) is 0 Å². The van der Waals surface area contributed by atoms with E-state index in [2.05, 4.69) is 29.2 Å². The first kappa shape index (κ1) is 14.6. The summed E-state index contributed by atoms with van der Waals surface area (Å²) in [7, 11) is 0. The SMILES string of the molecule is CCNC1CCCCc2cn(CC(=O)N3CCCC3)cc21. The second-order valence-electron chi connectivity index (χ2n) is 6.36. The van der Waals surface area contributed by atoms with E-state index >= 15 is 0 Å². The average Bonchev–Trinajstić information content (AvgIpc) is 3.09. The molecule has 1 aromatic heterocycles. The fourth-order valence-electron chi connectivity index (χ4n) is 3.69. The third kappa shape index (κ3) is 3.31. The molecule has 1 unspecified atom stereocenters. The first-order valence-corrected chi connectivity index (χ1v) is 8.47. The van der Waals surface area contributed by atoms with Gasteiger partial charge in [-0.3, -0.25) is 4.79 Å². The standard InChI is InChI=1S/C17H27N3O/c1-2-18-16-8-4-3-7-14-11-19(12-15(14)16)13-17(21)20-9-5-6-10-20/h11-12,16,18H,2-10,13H2,1H3. The Kier molecular flexibility index (Phi) is 4.63. The van der Waals surface area contributed by atoms with Crippen molar-refractivity contribution in [2.45, 2.75) is 58.0 Å². The molecule has 0 saturated carbocycles. The van der Waals surface area contributed by atoms with Crippen LogP contribution < -0.4 is 5.32 Å². The second kappa shape index (κ2) is 6.65. The maximum atomic E-state index is 12.3. The van der Waals surface area contributed by atoms with Crippen molar-refractivity contribution in [1.29, 1.82) is 0 Å². The van der Waals surface area contributed by atoms with Crippen LogP contribution in [0.25, 0.3) is 0 Å². The number of hydrogen-bond donors (Lipinski definition) is 1. The van der Waals surface area contributed by atoms with Gasteiger partial charge in [0.15, 0.2) is 0 Å². The minimum atomic E-state index is 0.276. The topological polar surface area (TPSA) is 37.3 Å². The van der Waals surface area contributed by atoms with Crippen LogP contribution in [-0.2, 0) is 17.8 Å². The predicted molar refractivity (Wildman–Crippen MR) is 84.2 cm³/mol. The van der Waals surface area contributed by atoms with Gasteiger partial charge in [-0.05, 0) is 49.8 Å².